The maximum Gasteiger partial charge on any atom is 0.250 e. The highest BCUT2D eigenvalue weighted by atomic mass is 28.4. The third-order valence-corrected chi connectivity index (χ3v) is 33.5. The fourth-order valence-corrected chi connectivity index (χ4v) is 11.6. The first-order valence-electron chi connectivity index (χ1n) is 24.3. The first-order valence-corrected chi connectivity index (χ1v) is 35.9. The lowest BCUT2D eigenvalue weighted by molar-refractivity contribution is 0.0979. The minimum absolute atomic E-state index is 0.0261. The molecule has 1 aliphatic rings. The third-order valence-electron chi connectivity index (χ3n) is 16.2. The van der Waals surface area contributed by atoms with Crippen molar-refractivity contribution in [2.45, 2.75) is 156 Å². The molecule has 6 aromatic rings. The molecule has 68 heavy (non-hydrogen) atoms. The number of rotatable bonds is 10. The Kier molecular flexibility index (Phi) is 12.8. The molecule has 0 atom stereocenters. The predicted molar refractivity (Wildman–Crippen MR) is 297 cm³/mol. The molecule has 0 saturated carbocycles. The minimum atomic E-state index is -2.36. The van der Waals surface area contributed by atoms with E-state index < -0.39 is 33.3 Å². The molecule has 1 aliphatic carbocycles. The van der Waals surface area contributed by atoms with Gasteiger partial charge in [0, 0.05) is 22.3 Å². The van der Waals surface area contributed by atoms with E-state index in [-0.39, 0.29) is 31.7 Å². The van der Waals surface area contributed by atoms with Crippen LogP contribution in [-0.4, -0.2) is 44.8 Å². The number of fused-ring (bicyclic) bond motifs is 4. The van der Waals surface area contributed by atoms with Crippen LogP contribution in [-0.2, 0) is 0 Å². The van der Waals surface area contributed by atoms with E-state index >= 15 is 0 Å². The number of carbonyl (C=O) groups excluding carboxylic acids is 2. The highest BCUT2D eigenvalue weighted by Gasteiger charge is 2.44. The number of hydrogen-bond donors (Lipinski definition) is 0. The molecule has 360 valence electrons. The van der Waals surface area contributed by atoms with Gasteiger partial charge in [-0.2, -0.15) is 0 Å². The highest BCUT2D eigenvalue weighted by Crippen LogP contribution is 2.49. The zero-order valence-corrected chi connectivity index (χ0v) is 48.7. The van der Waals surface area contributed by atoms with Crippen LogP contribution >= 0.6 is 0 Å². The molecule has 0 radical (unpaired) electrons. The van der Waals surface area contributed by atoms with Gasteiger partial charge in [0.15, 0.2) is 11.6 Å². The second kappa shape index (κ2) is 17.0. The third kappa shape index (κ3) is 9.59. The van der Waals surface area contributed by atoms with Gasteiger partial charge < -0.3 is 17.7 Å². The molecule has 7 rings (SSSR count). The van der Waals surface area contributed by atoms with Crippen molar-refractivity contribution >= 4 is 66.4 Å². The maximum absolute atomic E-state index is 14.5. The molecule has 6 nitrogen and oxygen atoms in total. The van der Waals surface area contributed by atoms with Crippen molar-refractivity contribution in [1.82, 2.24) is 0 Å². The summed E-state index contributed by atoms with van der Waals surface area (Å²) in [5, 5.41) is 3.40. The van der Waals surface area contributed by atoms with Crippen molar-refractivity contribution in [3.05, 3.63) is 119 Å². The van der Waals surface area contributed by atoms with Gasteiger partial charge >= 0.3 is 0 Å². The van der Waals surface area contributed by atoms with E-state index in [0.717, 1.165) is 66.8 Å². The van der Waals surface area contributed by atoms with Gasteiger partial charge in [-0.15, -0.1) is 0 Å². The average molecular weight is 982 g/mol. The summed E-state index contributed by atoms with van der Waals surface area (Å²) in [5.41, 5.74) is 5.52. The topological polar surface area (TPSA) is 71.1 Å². The van der Waals surface area contributed by atoms with Crippen LogP contribution in [0.1, 0.15) is 115 Å². The monoisotopic (exact) mass is 980 g/mol. The largest absolute Gasteiger partial charge is 0.541 e. The molecule has 0 aromatic heterocycles. The first-order chi connectivity index (χ1) is 31.0. The van der Waals surface area contributed by atoms with Crippen molar-refractivity contribution in [2.24, 2.45) is 0 Å². The molecular weight excluding hydrogens is 905 g/mol. The molecule has 0 amide bonds. The molecule has 6 aromatic carbocycles. The molecule has 0 fully saturated rings. The number of benzene rings is 6. The highest BCUT2D eigenvalue weighted by molar-refractivity contribution is 6.76. The predicted octanol–water partition coefficient (Wildman–Crippen LogP) is 17.6. The van der Waals surface area contributed by atoms with Gasteiger partial charge in [0.1, 0.15) is 23.0 Å². The Morgan fingerprint density at radius 3 is 0.838 bits per heavy atom. The SMILES string of the molecule is CC(C)(C)[Si](C)(C)Oc1ccc(-c2cc3cc4c(cc3cc2-c2ccc(O[Si](C)(C)C(C)(C)C)c(O[Si](C)(C)C(C)(C)C)c2)C(=O)c2cc3ccccc3cc2C4=O)cc1O[Si](C)(C)C(C)(C)C. The summed E-state index contributed by atoms with van der Waals surface area (Å²) < 4.78 is 28.6. The number of hydrogen-bond acceptors (Lipinski definition) is 6. The van der Waals surface area contributed by atoms with Gasteiger partial charge in [-0.1, -0.05) is 119 Å². The summed E-state index contributed by atoms with van der Waals surface area (Å²) in [4.78, 5) is 29.0. The van der Waals surface area contributed by atoms with Crippen LogP contribution in [0.25, 0.3) is 43.8 Å². The summed E-state index contributed by atoms with van der Waals surface area (Å²) in [7, 11) is -9.29. The summed E-state index contributed by atoms with van der Waals surface area (Å²) in [5.74, 6) is 2.70. The Bertz CT molecular complexity index is 2790. The summed E-state index contributed by atoms with van der Waals surface area (Å²) in [6, 6.07) is 32.6. The molecule has 0 bridgehead atoms. The van der Waals surface area contributed by atoms with E-state index in [4.69, 9.17) is 17.7 Å². The van der Waals surface area contributed by atoms with Gasteiger partial charge in [0.2, 0.25) is 0 Å². The molecular formula is C58H76O6Si4. The number of carbonyl (C=O) groups is 2. The zero-order valence-electron chi connectivity index (χ0n) is 44.7. The average Bonchev–Trinajstić information content (AvgIpc) is 3.20. The standard InChI is InChI=1S/C58H76O6Si4/c1-55(2,3)65(13,14)61-49-27-25-39(35-51(49)63-67(17,18)57(7,8)9)43-31-41-33-47-48(54(60)46-30-38-24-22-21-23-37(38)29-45(46)53(47)59)34-42(41)32-44(43)40-26-28-50(62-66(15,16)56(4,5)6)52(36-40)64-68(19,20)58(10,11)12/h21-36H,1-20H3. The smallest absolute Gasteiger partial charge is 0.250 e. The Labute approximate surface area is 411 Å². The molecule has 0 heterocycles. The van der Waals surface area contributed by atoms with Gasteiger partial charge in [-0.3, -0.25) is 9.59 Å². The first kappa shape index (κ1) is 51.1. The summed E-state index contributed by atoms with van der Waals surface area (Å²) in [6.07, 6.45) is 0. The normalized spacial score (nSPS) is 14.2. The second-order valence-corrected chi connectivity index (χ2v) is 44.2. The molecule has 0 saturated heterocycles. The van der Waals surface area contributed by atoms with Gasteiger partial charge in [0.05, 0.1) is 0 Å². The molecule has 0 spiro atoms. The van der Waals surface area contributed by atoms with Crippen molar-refractivity contribution < 1.29 is 27.3 Å². The zero-order chi connectivity index (χ0) is 50.5. The van der Waals surface area contributed by atoms with Gasteiger partial charge in [-0.25, -0.2) is 0 Å². The quantitative estimate of drug-likeness (QED) is 0.127. The van der Waals surface area contributed by atoms with E-state index in [9.17, 15) is 9.59 Å². The Hall–Kier alpha value is -4.75. The van der Waals surface area contributed by atoms with E-state index in [1.54, 1.807) is 0 Å². The van der Waals surface area contributed by atoms with Crippen LogP contribution in [0.15, 0.2) is 97.1 Å². The lowest BCUT2D eigenvalue weighted by Gasteiger charge is -2.40. The van der Waals surface area contributed by atoms with E-state index in [2.05, 4.69) is 184 Å². The lowest BCUT2D eigenvalue weighted by atomic mass is 9.81. The van der Waals surface area contributed by atoms with Gasteiger partial charge in [-0.05, 0) is 177 Å². The lowest BCUT2D eigenvalue weighted by Crippen LogP contribution is -2.45. The van der Waals surface area contributed by atoms with Crippen LogP contribution in [0.4, 0.5) is 0 Å². The van der Waals surface area contributed by atoms with Crippen LogP contribution in [0, 0.1) is 0 Å². The Morgan fingerprint density at radius 2 is 0.559 bits per heavy atom. The van der Waals surface area contributed by atoms with Crippen molar-refractivity contribution in [3.8, 4) is 45.3 Å². The summed E-state index contributed by atoms with van der Waals surface area (Å²) in [6.45, 7) is 45.3. The van der Waals surface area contributed by atoms with Crippen LogP contribution < -0.4 is 17.7 Å². The van der Waals surface area contributed by atoms with Crippen LogP contribution in [0.5, 0.6) is 23.0 Å². The van der Waals surface area contributed by atoms with Crippen LogP contribution in [0.2, 0.25) is 72.5 Å². The maximum atomic E-state index is 14.5. The molecule has 0 unspecified atom stereocenters. The number of ketones is 2. The van der Waals surface area contributed by atoms with Crippen molar-refractivity contribution in [3.63, 3.8) is 0 Å². The second-order valence-electron chi connectivity index (χ2n) is 25.3. The van der Waals surface area contributed by atoms with Crippen molar-refractivity contribution in [2.75, 3.05) is 0 Å². The van der Waals surface area contributed by atoms with Gasteiger partial charge in [0.25, 0.3) is 33.3 Å². The molecule has 0 N–H and O–H groups in total. The van der Waals surface area contributed by atoms with Crippen molar-refractivity contribution in [1.29, 1.82) is 0 Å². The molecule has 0 aliphatic heterocycles. The Morgan fingerprint density at radius 1 is 0.309 bits per heavy atom. The minimum Gasteiger partial charge on any atom is -0.541 e. The van der Waals surface area contributed by atoms with E-state index in [0.29, 0.717) is 22.3 Å². The fraction of sp³-hybridized carbons (Fsp3) is 0.414. The summed E-state index contributed by atoms with van der Waals surface area (Å²) >= 11 is 0. The fourth-order valence-electron chi connectivity index (χ4n) is 7.50. The van der Waals surface area contributed by atoms with E-state index in [1.807, 2.05) is 48.5 Å². The van der Waals surface area contributed by atoms with Crippen LogP contribution in [0.3, 0.4) is 0 Å². The van der Waals surface area contributed by atoms with E-state index in [1.165, 1.54) is 0 Å². The molecule has 10 heteroatoms. The Balaban J connectivity index is 1.51.